The molecule has 2 aliphatic carbocycles. The van der Waals surface area contributed by atoms with Crippen LogP contribution in [0.15, 0.2) is 0 Å². The van der Waals surface area contributed by atoms with Gasteiger partial charge in [0.15, 0.2) is 0 Å². The number of aliphatic hydroxyl groups is 3. The maximum absolute atomic E-state index is 12.4. The molecule has 10 atom stereocenters. The molecule has 2 aliphatic heterocycles. The van der Waals surface area contributed by atoms with Crippen molar-refractivity contribution in [2.24, 2.45) is 23.7 Å². The summed E-state index contributed by atoms with van der Waals surface area (Å²) in [7, 11) is 0. The van der Waals surface area contributed by atoms with Gasteiger partial charge in [0, 0.05) is 18.8 Å². The molecule has 0 radical (unpaired) electrons. The predicted octanol–water partition coefficient (Wildman–Crippen LogP) is 0.156. The van der Waals surface area contributed by atoms with Gasteiger partial charge in [0.25, 0.3) is 0 Å². The third-order valence-corrected chi connectivity index (χ3v) is 7.26. The van der Waals surface area contributed by atoms with Crippen LogP contribution in [0.4, 0.5) is 0 Å². The Morgan fingerprint density at radius 1 is 1.25 bits per heavy atom. The molecular weight excluding hydrogens is 368 g/mol. The Kier molecular flexibility index (Phi) is 4.23. The maximum atomic E-state index is 12.4. The van der Waals surface area contributed by atoms with Crippen molar-refractivity contribution in [1.29, 1.82) is 0 Å². The summed E-state index contributed by atoms with van der Waals surface area (Å²) in [6, 6.07) is 0. The second kappa shape index (κ2) is 5.90. The van der Waals surface area contributed by atoms with Crippen molar-refractivity contribution >= 4 is 11.9 Å². The highest BCUT2D eigenvalue weighted by Gasteiger charge is 2.83. The van der Waals surface area contributed by atoms with Crippen molar-refractivity contribution in [2.45, 2.75) is 88.7 Å². The number of rotatable bonds is 3. The average Bonchev–Trinajstić information content (AvgIpc) is 3.25. The fourth-order valence-corrected chi connectivity index (χ4v) is 5.86. The molecule has 8 nitrogen and oxygen atoms in total. The largest absolute Gasteiger partial charge is 0.462 e. The molecule has 10 unspecified atom stereocenters. The molecular formula is C20H30O8. The highest BCUT2D eigenvalue weighted by molar-refractivity contribution is 5.75. The summed E-state index contributed by atoms with van der Waals surface area (Å²) < 4.78 is 16.8. The lowest BCUT2D eigenvalue weighted by Crippen LogP contribution is -2.64. The van der Waals surface area contributed by atoms with Gasteiger partial charge in [-0.15, -0.1) is 0 Å². The zero-order valence-corrected chi connectivity index (χ0v) is 16.9. The van der Waals surface area contributed by atoms with Crippen LogP contribution in [0.25, 0.3) is 0 Å². The molecule has 0 amide bonds. The molecule has 4 aliphatic rings. The quantitative estimate of drug-likeness (QED) is 0.453. The first-order valence-electron chi connectivity index (χ1n) is 10.0. The number of carbonyl (C=O) groups excluding carboxylic acids is 2. The Bertz CT molecular complexity index is 700. The third-order valence-electron chi connectivity index (χ3n) is 7.26. The van der Waals surface area contributed by atoms with Crippen LogP contribution in [0.3, 0.4) is 0 Å². The first-order valence-corrected chi connectivity index (χ1v) is 10.0. The Morgan fingerprint density at radius 3 is 2.50 bits per heavy atom. The van der Waals surface area contributed by atoms with Gasteiger partial charge in [0.05, 0.1) is 17.4 Å². The first kappa shape index (κ1) is 20.1. The van der Waals surface area contributed by atoms with E-state index in [4.69, 9.17) is 14.2 Å². The maximum Gasteiger partial charge on any atom is 0.309 e. The minimum Gasteiger partial charge on any atom is -0.462 e. The summed E-state index contributed by atoms with van der Waals surface area (Å²) in [4.78, 5) is 24.8. The molecule has 3 N–H and O–H groups in total. The van der Waals surface area contributed by atoms with E-state index in [1.807, 2.05) is 13.8 Å². The number of esters is 2. The van der Waals surface area contributed by atoms with E-state index >= 15 is 0 Å². The van der Waals surface area contributed by atoms with Crippen LogP contribution in [0.5, 0.6) is 0 Å². The van der Waals surface area contributed by atoms with Crippen LogP contribution in [0.2, 0.25) is 0 Å². The molecule has 4 fully saturated rings. The fourth-order valence-electron chi connectivity index (χ4n) is 5.86. The summed E-state index contributed by atoms with van der Waals surface area (Å²) in [5.41, 5.74) is -5.03. The van der Waals surface area contributed by atoms with E-state index in [1.165, 1.54) is 13.8 Å². The van der Waals surface area contributed by atoms with Crippen molar-refractivity contribution < 1.29 is 39.1 Å². The Labute approximate surface area is 164 Å². The van der Waals surface area contributed by atoms with Crippen molar-refractivity contribution in [3.05, 3.63) is 0 Å². The van der Waals surface area contributed by atoms with E-state index in [2.05, 4.69) is 0 Å². The summed E-state index contributed by atoms with van der Waals surface area (Å²) in [5, 5.41) is 34.1. The van der Waals surface area contributed by atoms with E-state index < -0.39 is 70.9 Å². The minimum absolute atomic E-state index is 0.0748. The van der Waals surface area contributed by atoms with E-state index in [-0.39, 0.29) is 18.8 Å². The topological polar surface area (TPSA) is 126 Å². The SMILES string of the molecule is CC(C)CC(=O)OC1CC(C)(O)C2(O)C3OC3C(C)(O)C2C2OC(=O)C(C)C12. The summed E-state index contributed by atoms with van der Waals surface area (Å²) in [6.07, 6.45) is -2.97. The third kappa shape index (κ3) is 2.51. The van der Waals surface area contributed by atoms with Crippen molar-refractivity contribution in [3.63, 3.8) is 0 Å². The number of epoxide rings is 1. The fraction of sp³-hybridized carbons (Fsp3) is 0.900. The number of fused-ring (bicyclic) bond motifs is 5. The molecule has 0 aromatic heterocycles. The summed E-state index contributed by atoms with van der Waals surface area (Å²) in [6.45, 7) is 8.49. The lowest BCUT2D eigenvalue weighted by molar-refractivity contribution is -0.231. The number of ether oxygens (including phenoxy) is 3. The van der Waals surface area contributed by atoms with Gasteiger partial charge in [-0.3, -0.25) is 9.59 Å². The molecule has 0 aromatic rings. The highest BCUT2D eigenvalue weighted by Crippen LogP contribution is 2.64. The Hall–Kier alpha value is -1.22. The van der Waals surface area contributed by atoms with E-state index in [0.717, 1.165) is 0 Å². The lowest BCUT2D eigenvalue weighted by Gasteiger charge is -2.46. The normalized spacial score (nSPS) is 54.5. The first-order chi connectivity index (χ1) is 12.8. The van der Waals surface area contributed by atoms with Crippen molar-refractivity contribution in [1.82, 2.24) is 0 Å². The zero-order chi connectivity index (χ0) is 20.8. The van der Waals surface area contributed by atoms with E-state index in [9.17, 15) is 24.9 Å². The second-order valence-corrected chi connectivity index (χ2v) is 9.88. The lowest BCUT2D eigenvalue weighted by atomic mass is 9.70. The van der Waals surface area contributed by atoms with E-state index in [1.54, 1.807) is 6.92 Å². The van der Waals surface area contributed by atoms with Crippen LogP contribution in [-0.4, -0.2) is 68.5 Å². The molecule has 28 heavy (non-hydrogen) atoms. The molecule has 0 aromatic carbocycles. The van der Waals surface area contributed by atoms with Gasteiger partial charge in [-0.05, 0) is 19.8 Å². The Balaban J connectivity index is 1.76. The monoisotopic (exact) mass is 398 g/mol. The summed E-state index contributed by atoms with van der Waals surface area (Å²) >= 11 is 0. The molecule has 158 valence electrons. The average molecular weight is 398 g/mol. The van der Waals surface area contributed by atoms with Gasteiger partial charge >= 0.3 is 11.9 Å². The van der Waals surface area contributed by atoms with Gasteiger partial charge in [-0.25, -0.2) is 0 Å². The van der Waals surface area contributed by atoms with Gasteiger partial charge in [0.2, 0.25) is 0 Å². The van der Waals surface area contributed by atoms with Crippen LogP contribution >= 0.6 is 0 Å². The van der Waals surface area contributed by atoms with Crippen LogP contribution < -0.4 is 0 Å². The van der Waals surface area contributed by atoms with Crippen molar-refractivity contribution in [3.8, 4) is 0 Å². The second-order valence-electron chi connectivity index (χ2n) is 9.88. The molecule has 0 spiro atoms. The minimum atomic E-state index is -1.83. The van der Waals surface area contributed by atoms with E-state index in [0.29, 0.717) is 0 Å². The zero-order valence-electron chi connectivity index (χ0n) is 16.9. The number of carbonyl (C=O) groups is 2. The number of hydrogen-bond acceptors (Lipinski definition) is 8. The smallest absolute Gasteiger partial charge is 0.309 e. The van der Waals surface area contributed by atoms with Gasteiger partial charge < -0.3 is 29.5 Å². The van der Waals surface area contributed by atoms with Gasteiger partial charge in [-0.1, -0.05) is 20.8 Å². The highest BCUT2D eigenvalue weighted by atomic mass is 16.6. The Morgan fingerprint density at radius 2 is 1.89 bits per heavy atom. The van der Waals surface area contributed by atoms with Gasteiger partial charge in [0.1, 0.15) is 35.6 Å². The predicted molar refractivity (Wildman–Crippen MR) is 94.8 cm³/mol. The molecule has 0 bridgehead atoms. The van der Waals surface area contributed by atoms with Crippen molar-refractivity contribution in [2.75, 3.05) is 0 Å². The standard InChI is InChI=1S/C20H30O8/c1-8(2)6-11(21)26-10-7-18(4,23)20(25)14(19(5,24)15-16(20)28-15)13-12(10)9(3)17(22)27-13/h8-10,12-16,23-25H,6-7H2,1-5H3. The summed E-state index contributed by atoms with van der Waals surface area (Å²) in [5.74, 6) is -2.90. The molecule has 2 heterocycles. The molecule has 2 saturated carbocycles. The van der Waals surface area contributed by atoms with Crippen LogP contribution in [-0.2, 0) is 23.8 Å². The number of hydrogen-bond donors (Lipinski definition) is 3. The van der Waals surface area contributed by atoms with Gasteiger partial charge in [-0.2, -0.15) is 0 Å². The molecule has 8 heteroatoms. The van der Waals surface area contributed by atoms with Crippen LogP contribution in [0, 0.1) is 23.7 Å². The molecule has 2 saturated heterocycles. The van der Waals surface area contributed by atoms with Crippen LogP contribution in [0.1, 0.15) is 47.5 Å². The molecule has 4 rings (SSSR count).